The lowest BCUT2D eigenvalue weighted by Gasteiger charge is -2.21. The second-order valence-corrected chi connectivity index (χ2v) is 5.96. The van der Waals surface area contributed by atoms with Gasteiger partial charge in [-0.25, -0.2) is 0 Å². The molecule has 1 N–H and O–H groups in total. The maximum atomic E-state index is 12.2. The number of carbonyl (C=O) groups is 2. The minimum atomic E-state index is -0.291. The largest absolute Gasteiger partial charge is 0.324 e. The summed E-state index contributed by atoms with van der Waals surface area (Å²) in [6.07, 6.45) is 0. The van der Waals surface area contributed by atoms with E-state index in [9.17, 15) is 9.59 Å². The third-order valence-corrected chi connectivity index (χ3v) is 3.77. The zero-order valence-electron chi connectivity index (χ0n) is 12.8. The van der Waals surface area contributed by atoms with E-state index < -0.39 is 0 Å². The molecule has 6 heteroatoms. The molecule has 0 aliphatic rings. The fraction of sp³-hybridized carbons (Fsp3) is 0.176. The molecule has 120 valence electrons. The van der Waals surface area contributed by atoms with Crippen LogP contribution in [-0.4, -0.2) is 18.4 Å². The highest BCUT2D eigenvalue weighted by molar-refractivity contribution is 6.31. The number of halogens is 2. The van der Waals surface area contributed by atoms with Crippen LogP contribution in [0.2, 0.25) is 10.0 Å². The van der Waals surface area contributed by atoms with E-state index in [0.29, 0.717) is 21.4 Å². The van der Waals surface area contributed by atoms with Crippen LogP contribution >= 0.6 is 23.2 Å². The van der Waals surface area contributed by atoms with Crippen molar-refractivity contribution in [3.05, 3.63) is 58.1 Å². The lowest BCUT2D eigenvalue weighted by molar-refractivity contribution is -0.120. The predicted molar refractivity (Wildman–Crippen MR) is 94.3 cm³/mol. The highest BCUT2D eigenvalue weighted by Crippen LogP contribution is 2.21. The molecule has 0 saturated heterocycles. The zero-order chi connectivity index (χ0) is 17.0. The van der Waals surface area contributed by atoms with Crippen molar-refractivity contribution in [3.63, 3.8) is 0 Å². The molecule has 2 rings (SSSR count). The van der Waals surface area contributed by atoms with E-state index in [2.05, 4.69) is 5.32 Å². The highest BCUT2D eigenvalue weighted by atomic mass is 35.5. The van der Waals surface area contributed by atoms with Crippen LogP contribution in [0, 0.1) is 6.92 Å². The summed E-state index contributed by atoms with van der Waals surface area (Å²) in [7, 11) is 0. The molecule has 0 aromatic heterocycles. The number of anilines is 2. The van der Waals surface area contributed by atoms with Gasteiger partial charge in [0.15, 0.2) is 0 Å². The van der Waals surface area contributed by atoms with Gasteiger partial charge in [-0.15, -0.1) is 0 Å². The number of nitrogens with zero attached hydrogens (tertiary/aromatic N) is 1. The molecule has 0 heterocycles. The first-order chi connectivity index (χ1) is 10.9. The first-order valence-electron chi connectivity index (χ1n) is 6.96. The summed E-state index contributed by atoms with van der Waals surface area (Å²) in [6, 6.07) is 11.9. The topological polar surface area (TPSA) is 49.4 Å². The second kappa shape index (κ2) is 7.49. The van der Waals surface area contributed by atoms with E-state index in [0.717, 1.165) is 5.56 Å². The Balaban J connectivity index is 2.12. The Morgan fingerprint density at radius 1 is 1.04 bits per heavy atom. The zero-order valence-corrected chi connectivity index (χ0v) is 14.3. The van der Waals surface area contributed by atoms with Crippen LogP contribution in [0.1, 0.15) is 12.5 Å². The van der Waals surface area contributed by atoms with Gasteiger partial charge in [0.1, 0.15) is 6.54 Å². The normalized spacial score (nSPS) is 10.3. The Morgan fingerprint density at radius 2 is 1.65 bits per heavy atom. The van der Waals surface area contributed by atoms with Crippen LogP contribution < -0.4 is 10.2 Å². The van der Waals surface area contributed by atoms with Gasteiger partial charge in [0.25, 0.3) is 0 Å². The number of aryl methyl sites for hydroxylation is 1. The van der Waals surface area contributed by atoms with Crippen molar-refractivity contribution in [2.45, 2.75) is 13.8 Å². The lowest BCUT2D eigenvalue weighted by Crippen LogP contribution is -2.36. The fourth-order valence-corrected chi connectivity index (χ4v) is 2.46. The molecule has 2 amide bonds. The van der Waals surface area contributed by atoms with Crippen LogP contribution in [-0.2, 0) is 9.59 Å². The number of rotatable bonds is 4. The van der Waals surface area contributed by atoms with Crippen molar-refractivity contribution in [2.24, 2.45) is 0 Å². The van der Waals surface area contributed by atoms with Crippen LogP contribution in [0.3, 0.4) is 0 Å². The number of benzene rings is 2. The van der Waals surface area contributed by atoms with E-state index in [1.165, 1.54) is 11.8 Å². The van der Waals surface area contributed by atoms with E-state index in [4.69, 9.17) is 23.2 Å². The molecule has 0 saturated carbocycles. The molecular weight excluding hydrogens is 335 g/mol. The minimum Gasteiger partial charge on any atom is -0.324 e. The number of carbonyl (C=O) groups excluding carboxylic acids is 2. The molecule has 0 aliphatic heterocycles. The van der Waals surface area contributed by atoms with Crippen molar-refractivity contribution >= 4 is 46.4 Å². The SMILES string of the molecule is CC(=O)N(CC(=O)Nc1ccc(Cl)cc1C)c1ccc(Cl)cc1. The Morgan fingerprint density at radius 3 is 2.22 bits per heavy atom. The molecule has 0 bridgehead atoms. The molecule has 0 unspecified atom stereocenters. The molecule has 2 aromatic rings. The summed E-state index contributed by atoms with van der Waals surface area (Å²) < 4.78 is 0. The maximum absolute atomic E-state index is 12.2. The number of hydrogen-bond donors (Lipinski definition) is 1. The van der Waals surface area contributed by atoms with E-state index in [-0.39, 0.29) is 18.4 Å². The smallest absolute Gasteiger partial charge is 0.244 e. The van der Waals surface area contributed by atoms with Crippen molar-refractivity contribution < 1.29 is 9.59 Å². The second-order valence-electron chi connectivity index (χ2n) is 5.09. The van der Waals surface area contributed by atoms with E-state index in [1.54, 1.807) is 42.5 Å². The fourth-order valence-electron chi connectivity index (χ4n) is 2.11. The summed E-state index contributed by atoms with van der Waals surface area (Å²) in [5, 5.41) is 3.96. The Kier molecular flexibility index (Phi) is 5.64. The molecule has 0 atom stereocenters. The summed E-state index contributed by atoms with van der Waals surface area (Å²) >= 11 is 11.7. The van der Waals surface area contributed by atoms with Gasteiger partial charge in [0.2, 0.25) is 11.8 Å². The molecule has 0 spiro atoms. The third-order valence-electron chi connectivity index (χ3n) is 3.28. The summed E-state index contributed by atoms with van der Waals surface area (Å²) in [5.74, 6) is -0.518. The first-order valence-corrected chi connectivity index (χ1v) is 7.72. The van der Waals surface area contributed by atoms with Crippen molar-refractivity contribution in [3.8, 4) is 0 Å². The van der Waals surface area contributed by atoms with Crippen molar-refractivity contribution in [1.29, 1.82) is 0 Å². The van der Waals surface area contributed by atoms with E-state index in [1.807, 2.05) is 6.92 Å². The molecule has 0 fully saturated rings. The van der Waals surface area contributed by atoms with Gasteiger partial charge < -0.3 is 10.2 Å². The van der Waals surface area contributed by atoms with Crippen LogP contribution in [0.25, 0.3) is 0 Å². The van der Waals surface area contributed by atoms with Gasteiger partial charge >= 0.3 is 0 Å². The molecule has 2 aromatic carbocycles. The third kappa shape index (κ3) is 4.71. The predicted octanol–water partition coefficient (Wildman–Crippen LogP) is 4.29. The van der Waals surface area contributed by atoms with Crippen LogP contribution in [0.15, 0.2) is 42.5 Å². The molecule has 4 nitrogen and oxygen atoms in total. The Labute approximate surface area is 145 Å². The van der Waals surface area contributed by atoms with Crippen molar-refractivity contribution in [1.82, 2.24) is 0 Å². The van der Waals surface area contributed by atoms with Crippen molar-refractivity contribution in [2.75, 3.05) is 16.8 Å². The van der Waals surface area contributed by atoms with Gasteiger partial charge in [-0.3, -0.25) is 9.59 Å². The monoisotopic (exact) mass is 350 g/mol. The number of hydrogen-bond acceptors (Lipinski definition) is 2. The molecule has 0 radical (unpaired) electrons. The molecule has 23 heavy (non-hydrogen) atoms. The average Bonchev–Trinajstić information content (AvgIpc) is 2.48. The molecule has 0 aliphatic carbocycles. The number of amides is 2. The average molecular weight is 351 g/mol. The summed E-state index contributed by atoms with van der Waals surface area (Å²) in [5.41, 5.74) is 2.13. The quantitative estimate of drug-likeness (QED) is 0.893. The number of nitrogens with one attached hydrogen (secondary N) is 1. The van der Waals surface area contributed by atoms with Gasteiger partial charge in [-0.05, 0) is 55.0 Å². The van der Waals surface area contributed by atoms with Crippen LogP contribution in [0.5, 0.6) is 0 Å². The summed E-state index contributed by atoms with van der Waals surface area (Å²) in [4.78, 5) is 25.5. The van der Waals surface area contributed by atoms with Crippen LogP contribution in [0.4, 0.5) is 11.4 Å². The Bertz CT molecular complexity index is 730. The van der Waals surface area contributed by atoms with Gasteiger partial charge in [-0.2, -0.15) is 0 Å². The van der Waals surface area contributed by atoms with E-state index >= 15 is 0 Å². The minimum absolute atomic E-state index is 0.0843. The van der Waals surface area contributed by atoms with Gasteiger partial charge in [0, 0.05) is 28.3 Å². The highest BCUT2D eigenvalue weighted by Gasteiger charge is 2.16. The summed E-state index contributed by atoms with van der Waals surface area (Å²) in [6.45, 7) is 3.18. The molecular formula is C17H16Cl2N2O2. The standard InChI is InChI=1S/C17H16Cl2N2O2/c1-11-9-14(19)5-8-16(11)20-17(23)10-21(12(2)22)15-6-3-13(18)4-7-15/h3-9H,10H2,1-2H3,(H,20,23). The Hall–Kier alpha value is -2.04. The lowest BCUT2D eigenvalue weighted by atomic mass is 10.2. The maximum Gasteiger partial charge on any atom is 0.244 e. The first kappa shape index (κ1) is 17.3. The van der Waals surface area contributed by atoms with Gasteiger partial charge in [-0.1, -0.05) is 23.2 Å². The van der Waals surface area contributed by atoms with Gasteiger partial charge in [0.05, 0.1) is 0 Å².